The van der Waals surface area contributed by atoms with Crippen molar-refractivity contribution in [1.82, 2.24) is 10.6 Å². The van der Waals surface area contributed by atoms with E-state index in [1.165, 1.54) is 0 Å². The molecule has 0 bridgehead atoms. The van der Waals surface area contributed by atoms with E-state index < -0.39 is 0 Å². The standard InChI is InChI=1S/C24H35N3O5.HI/c1-17-8-9-18(21(14-17)32-13-7-12-28-3)15-26-24(25-2)27-16-19-10-11-20(29-4)23(31-6)22(19)30-5;/h8-11,14H,7,12-13,15-16H2,1-6H3,(H2,25,26,27);1H. The number of hydrogen-bond donors (Lipinski definition) is 2. The topological polar surface area (TPSA) is 82.6 Å². The number of nitrogens with zero attached hydrogens (tertiary/aromatic N) is 1. The first kappa shape index (κ1) is 28.6. The molecule has 184 valence electrons. The molecule has 0 aliphatic heterocycles. The van der Waals surface area contributed by atoms with Crippen molar-refractivity contribution in [3.8, 4) is 23.0 Å². The molecule has 0 saturated carbocycles. The first-order valence-electron chi connectivity index (χ1n) is 10.5. The Labute approximate surface area is 214 Å². The summed E-state index contributed by atoms with van der Waals surface area (Å²) >= 11 is 0. The summed E-state index contributed by atoms with van der Waals surface area (Å²) < 4.78 is 27.4. The molecule has 33 heavy (non-hydrogen) atoms. The fraction of sp³-hybridized carbons (Fsp3) is 0.458. The number of halogens is 1. The first-order chi connectivity index (χ1) is 15.6. The molecule has 8 nitrogen and oxygen atoms in total. The third kappa shape index (κ3) is 8.47. The summed E-state index contributed by atoms with van der Waals surface area (Å²) in [6, 6.07) is 9.98. The van der Waals surface area contributed by atoms with Gasteiger partial charge in [0.25, 0.3) is 0 Å². The van der Waals surface area contributed by atoms with Crippen LogP contribution < -0.4 is 29.6 Å². The number of aliphatic imine (C=N–C) groups is 1. The predicted octanol–water partition coefficient (Wildman–Crippen LogP) is 3.92. The first-order valence-corrected chi connectivity index (χ1v) is 10.5. The minimum absolute atomic E-state index is 0. The number of methoxy groups -OCH3 is 4. The molecular formula is C24H36IN3O5. The van der Waals surface area contributed by atoms with Crippen molar-refractivity contribution in [1.29, 1.82) is 0 Å². The molecule has 0 radical (unpaired) electrons. The summed E-state index contributed by atoms with van der Waals surface area (Å²) in [6.45, 7) is 4.41. The third-order valence-corrected chi connectivity index (χ3v) is 4.87. The van der Waals surface area contributed by atoms with Crippen molar-refractivity contribution in [2.75, 3.05) is 48.7 Å². The lowest BCUT2D eigenvalue weighted by atomic mass is 10.1. The Balaban J connectivity index is 0.00000544. The molecule has 2 aromatic rings. The van der Waals surface area contributed by atoms with Crippen LogP contribution in [0, 0.1) is 6.92 Å². The molecule has 2 aromatic carbocycles. The monoisotopic (exact) mass is 573 g/mol. The van der Waals surface area contributed by atoms with Crippen LogP contribution in [0.1, 0.15) is 23.1 Å². The van der Waals surface area contributed by atoms with Crippen LogP contribution in [0.5, 0.6) is 23.0 Å². The highest BCUT2D eigenvalue weighted by atomic mass is 127. The van der Waals surface area contributed by atoms with Crippen LogP contribution in [0.4, 0.5) is 0 Å². The van der Waals surface area contributed by atoms with Crippen molar-refractivity contribution >= 4 is 29.9 Å². The Morgan fingerprint density at radius 3 is 2.09 bits per heavy atom. The second kappa shape index (κ2) is 15.4. The summed E-state index contributed by atoms with van der Waals surface area (Å²) in [4.78, 5) is 4.32. The zero-order valence-electron chi connectivity index (χ0n) is 20.3. The molecular weight excluding hydrogens is 537 g/mol. The SMILES string of the molecule is CN=C(NCc1ccc(C)cc1OCCCOC)NCc1ccc(OC)c(OC)c1OC.I. The van der Waals surface area contributed by atoms with Gasteiger partial charge in [0.2, 0.25) is 5.75 Å². The maximum Gasteiger partial charge on any atom is 0.203 e. The van der Waals surface area contributed by atoms with E-state index in [-0.39, 0.29) is 24.0 Å². The van der Waals surface area contributed by atoms with E-state index in [1.807, 2.05) is 12.1 Å². The van der Waals surface area contributed by atoms with Gasteiger partial charge in [-0.2, -0.15) is 0 Å². The number of benzene rings is 2. The summed E-state index contributed by atoms with van der Waals surface area (Å²) in [5.41, 5.74) is 3.13. The van der Waals surface area contributed by atoms with E-state index >= 15 is 0 Å². The van der Waals surface area contributed by atoms with Crippen LogP contribution in [0.25, 0.3) is 0 Å². The van der Waals surface area contributed by atoms with E-state index in [0.717, 1.165) is 28.9 Å². The van der Waals surface area contributed by atoms with Gasteiger partial charge in [0.1, 0.15) is 5.75 Å². The van der Waals surface area contributed by atoms with Crippen LogP contribution >= 0.6 is 24.0 Å². The second-order valence-electron chi connectivity index (χ2n) is 7.08. The van der Waals surface area contributed by atoms with Gasteiger partial charge >= 0.3 is 0 Å². The van der Waals surface area contributed by atoms with Crippen LogP contribution in [0.3, 0.4) is 0 Å². The largest absolute Gasteiger partial charge is 0.493 e. The molecule has 0 atom stereocenters. The molecule has 0 spiro atoms. The molecule has 0 amide bonds. The van der Waals surface area contributed by atoms with Crippen LogP contribution in [-0.4, -0.2) is 54.7 Å². The lowest BCUT2D eigenvalue weighted by molar-refractivity contribution is 0.171. The Hall–Kier alpha value is -2.40. The van der Waals surface area contributed by atoms with E-state index in [2.05, 4.69) is 40.7 Å². The van der Waals surface area contributed by atoms with Crippen molar-refractivity contribution < 1.29 is 23.7 Å². The lowest BCUT2D eigenvalue weighted by Crippen LogP contribution is -2.36. The van der Waals surface area contributed by atoms with Crippen molar-refractivity contribution in [2.24, 2.45) is 4.99 Å². The number of rotatable bonds is 12. The molecule has 0 saturated heterocycles. The van der Waals surface area contributed by atoms with Crippen molar-refractivity contribution in [3.63, 3.8) is 0 Å². The van der Waals surface area contributed by atoms with Gasteiger partial charge in [-0.3, -0.25) is 4.99 Å². The second-order valence-corrected chi connectivity index (χ2v) is 7.08. The molecule has 0 fully saturated rings. The minimum Gasteiger partial charge on any atom is -0.493 e. The predicted molar refractivity (Wildman–Crippen MR) is 142 cm³/mol. The number of hydrogen-bond acceptors (Lipinski definition) is 6. The average Bonchev–Trinajstić information content (AvgIpc) is 2.82. The van der Waals surface area contributed by atoms with Gasteiger partial charge in [0, 0.05) is 51.4 Å². The summed E-state index contributed by atoms with van der Waals surface area (Å²) in [5.74, 6) is 3.33. The van der Waals surface area contributed by atoms with Gasteiger partial charge in [-0.1, -0.05) is 12.1 Å². The number of ether oxygens (including phenoxy) is 5. The number of guanidine groups is 1. The highest BCUT2D eigenvalue weighted by Gasteiger charge is 2.16. The summed E-state index contributed by atoms with van der Waals surface area (Å²) in [7, 11) is 8.23. The Bertz CT molecular complexity index is 893. The maximum absolute atomic E-state index is 5.97. The molecule has 0 aliphatic carbocycles. The van der Waals surface area contributed by atoms with Crippen molar-refractivity contribution in [3.05, 3.63) is 47.0 Å². The summed E-state index contributed by atoms with van der Waals surface area (Å²) in [6.07, 6.45) is 0.841. The smallest absolute Gasteiger partial charge is 0.203 e. The van der Waals surface area contributed by atoms with Gasteiger partial charge < -0.3 is 34.3 Å². The van der Waals surface area contributed by atoms with Crippen LogP contribution in [0.2, 0.25) is 0 Å². The highest BCUT2D eigenvalue weighted by molar-refractivity contribution is 14.0. The van der Waals surface area contributed by atoms with Gasteiger partial charge in [-0.25, -0.2) is 0 Å². The molecule has 0 heterocycles. The fourth-order valence-corrected chi connectivity index (χ4v) is 3.21. The van der Waals surface area contributed by atoms with E-state index in [4.69, 9.17) is 23.7 Å². The highest BCUT2D eigenvalue weighted by Crippen LogP contribution is 2.39. The number of aryl methyl sites for hydroxylation is 1. The van der Waals surface area contributed by atoms with E-state index in [0.29, 0.717) is 49.5 Å². The van der Waals surface area contributed by atoms with Crippen molar-refractivity contribution in [2.45, 2.75) is 26.4 Å². The Morgan fingerprint density at radius 1 is 0.818 bits per heavy atom. The average molecular weight is 573 g/mol. The third-order valence-electron chi connectivity index (χ3n) is 4.87. The van der Waals surface area contributed by atoms with Gasteiger partial charge in [-0.05, 0) is 30.7 Å². The molecule has 0 aliphatic rings. The fourth-order valence-electron chi connectivity index (χ4n) is 3.21. The molecule has 0 unspecified atom stereocenters. The van der Waals surface area contributed by atoms with Crippen LogP contribution in [0.15, 0.2) is 35.3 Å². The Kier molecular flexibility index (Phi) is 13.4. The quantitative estimate of drug-likeness (QED) is 0.173. The van der Waals surface area contributed by atoms with Gasteiger partial charge in [-0.15, -0.1) is 24.0 Å². The summed E-state index contributed by atoms with van der Waals surface area (Å²) in [5, 5.41) is 6.66. The molecule has 2 N–H and O–H groups in total. The normalized spacial score (nSPS) is 10.8. The minimum atomic E-state index is 0. The molecule has 2 rings (SSSR count). The number of nitrogens with one attached hydrogen (secondary N) is 2. The van der Waals surface area contributed by atoms with Gasteiger partial charge in [0.15, 0.2) is 17.5 Å². The van der Waals surface area contributed by atoms with E-state index in [1.54, 1.807) is 35.5 Å². The van der Waals surface area contributed by atoms with Gasteiger partial charge in [0.05, 0.1) is 27.9 Å². The lowest BCUT2D eigenvalue weighted by Gasteiger charge is -2.18. The molecule has 9 heteroatoms. The Morgan fingerprint density at radius 2 is 1.48 bits per heavy atom. The zero-order valence-corrected chi connectivity index (χ0v) is 22.6. The van der Waals surface area contributed by atoms with E-state index in [9.17, 15) is 0 Å². The maximum atomic E-state index is 5.97. The molecule has 0 aromatic heterocycles. The zero-order chi connectivity index (χ0) is 23.3. The van der Waals surface area contributed by atoms with Crippen LogP contribution in [-0.2, 0) is 17.8 Å².